The van der Waals surface area contributed by atoms with E-state index in [4.69, 9.17) is 21.4 Å². The zero-order valence-corrected chi connectivity index (χ0v) is 15.7. The number of ether oxygens (including phenoxy) is 1. The highest BCUT2D eigenvalue weighted by molar-refractivity contribution is 7.91. The molecule has 0 unspecified atom stereocenters. The summed E-state index contributed by atoms with van der Waals surface area (Å²) in [6.07, 6.45) is 0.300. The summed E-state index contributed by atoms with van der Waals surface area (Å²) < 4.78 is 37.5. The zero-order valence-electron chi connectivity index (χ0n) is 14.1. The van der Waals surface area contributed by atoms with Gasteiger partial charge in [-0.2, -0.15) is 0 Å². The molecule has 1 fully saturated rings. The first kappa shape index (κ1) is 17.6. The van der Waals surface area contributed by atoms with Crippen LogP contribution in [0.4, 0.5) is 0 Å². The lowest BCUT2D eigenvalue weighted by atomic mass is 10.2. The molecule has 8 heteroatoms. The Morgan fingerprint density at radius 2 is 1.92 bits per heavy atom. The second-order valence-electron chi connectivity index (χ2n) is 6.26. The molecule has 24 heavy (non-hydrogen) atoms. The molecule has 0 spiro atoms. The van der Waals surface area contributed by atoms with Gasteiger partial charge >= 0.3 is 0 Å². The summed E-state index contributed by atoms with van der Waals surface area (Å²) >= 11 is 5.33. The van der Waals surface area contributed by atoms with E-state index in [0.29, 0.717) is 27.5 Å². The van der Waals surface area contributed by atoms with Crippen LogP contribution in [0.2, 0.25) is 0 Å². The molecule has 0 amide bonds. The van der Waals surface area contributed by atoms with E-state index < -0.39 is 9.84 Å². The molecule has 2 aromatic rings. The Kier molecular flexibility index (Phi) is 4.83. The van der Waals surface area contributed by atoms with Crippen LogP contribution in [0.25, 0.3) is 11.1 Å². The van der Waals surface area contributed by atoms with Crippen molar-refractivity contribution in [3.63, 3.8) is 0 Å². The van der Waals surface area contributed by atoms with Crippen LogP contribution in [0.1, 0.15) is 20.8 Å². The van der Waals surface area contributed by atoms with Gasteiger partial charge in [0.05, 0.1) is 35.0 Å². The number of oxazole rings is 1. The molecule has 132 valence electrons. The van der Waals surface area contributed by atoms with Crippen LogP contribution in [-0.4, -0.2) is 48.9 Å². The molecule has 0 radical (unpaired) electrons. The molecule has 1 saturated heterocycles. The van der Waals surface area contributed by atoms with Crippen LogP contribution in [0, 0.1) is 4.84 Å². The molecule has 2 atom stereocenters. The largest absolute Gasteiger partial charge is 0.429 e. The molecule has 1 aliphatic rings. The van der Waals surface area contributed by atoms with Gasteiger partial charge in [-0.1, -0.05) is 6.92 Å². The van der Waals surface area contributed by atoms with E-state index >= 15 is 0 Å². The third-order valence-electron chi connectivity index (χ3n) is 4.21. The van der Waals surface area contributed by atoms with Gasteiger partial charge in [0, 0.05) is 13.1 Å². The van der Waals surface area contributed by atoms with Gasteiger partial charge in [0.1, 0.15) is 0 Å². The van der Waals surface area contributed by atoms with E-state index in [2.05, 4.69) is 4.90 Å². The standard InChI is InChI=1S/C16H22N2O4S2/c1-4-24(19,20)13-5-6-15-14(7-13)18(16(23)22-15)10-17-8-11(2)21-12(3)9-17/h5-7,11-12H,4,8-10H2,1-3H3/t11-,12-/m1/s1. The maximum Gasteiger partial charge on any atom is 0.270 e. The Labute approximate surface area is 146 Å². The lowest BCUT2D eigenvalue weighted by Gasteiger charge is -2.35. The number of nitrogens with zero attached hydrogens (tertiary/aromatic N) is 2. The smallest absolute Gasteiger partial charge is 0.270 e. The molecule has 1 aromatic carbocycles. The highest BCUT2D eigenvalue weighted by Gasteiger charge is 2.23. The third-order valence-corrected chi connectivity index (χ3v) is 6.25. The van der Waals surface area contributed by atoms with E-state index in [-0.39, 0.29) is 18.0 Å². The molecule has 0 bridgehead atoms. The van der Waals surface area contributed by atoms with Gasteiger partial charge in [-0.25, -0.2) is 8.42 Å². The maximum atomic E-state index is 12.1. The average Bonchev–Trinajstić information content (AvgIpc) is 2.81. The second-order valence-corrected chi connectivity index (χ2v) is 8.89. The number of hydrogen-bond acceptors (Lipinski definition) is 6. The van der Waals surface area contributed by atoms with Gasteiger partial charge in [-0.05, 0) is 44.3 Å². The van der Waals surface area contributed by atoms with Gasteiger partial charge in [0.25, 0.3) is 4.84 Å². The van der Waals surface area contributed by atoms with E-state index in [1.54, 1.807) is 25.1 Å². The summed E-state index contributed by atoms with van der Waals surface area (Å²) in [6.45, 7) is 7.87. The molecule has 3 rings (SSSR count). The van der Waals surface area contributed by atoms with Crippen molar-refractivity contribution in [2.24, 2.45) is 0 Å². The number of fused-ring (bicyclic) bond motifs is 1. The van der Waals surface area contributed by atoms with Crippen molar-refractivity contribution >= 4 is 33.2 Å². The Balaban J connectivity index is 1.99. The molecule has 1 aromatic heterocycles. The Morgan fingerprint density at radius 1 is 1.25 bits per heavy atom. The van der Waals surface area contributed by atoms with Gasteiger partial charge in [-0.3, -0.25) is 9.47 Å². The Hall–Kier alpha value is -1.22. The summed E-state index contributed by atoms with van der Waals surface area (Å²) in [5.41, 5.74) is 1.31. The number of rotatable bonds is 4. The van der Waals surface area contributed by atoms with Crippen molar-refractivity contribution < 1.29 is 17.6 Å². The quantitative estimate of drug-likeness (QED) is 0.771. The average molecular weight is 370 g/mol. The summed E-state index contributed by atoms with van der Waals surface area (Å²) in [7, 11) is -3.27. The van der Waals surface area contributed by atoms with Crippen molar-refractivity contribution in [3.05, 3.63) is 23.0 Å². The highest BCUT2D eigenvalue weighted by atomic mass is 32.2. The van der Waals surface area contributed by atoms with Gasteiger partial charge < -0.3 is 9.15 Å². The normalized spacial score (nSPS) is 23.0. The minimum atomic E-state index is -3.27. The van der Waals surface area contributed by atoms with Crippen LogP contribution < -0.4 is 0 Å². The number of morpholine rings is 1. The predicted octanol–water partition coefficient (Wildman–Crippen LogP) is 2.82. The molecule has 0 aliphatic carbocycles. The lowest BCUT2D eigenvalue weighted by molar-refractivity contribution is -0.0764. The first-order valence-electron chi connectivity index (χ1n) is 8.04. The number of aromatic nitrogens is 1. The molecule has 6 nitrogen and oxygen atoms in total. The minimum absolute atomic E-state index is 0.0651. The molecule has 0 N–H and O–H groups in total. The number of hydrogen-bond donors (Lipinski definition) is 0. The molecular formula is C16H22N2O4S2. The predicted molar refractivity (Wildman–Crippen MR) is 94.3 cm³/mol. The summed E-state index contributed by atoms with van der Waals surface area (Å²) in [4.78, 5) is 2.89. The summed E-state index contributed by atoms with van der Waals surface area (Å²) in [6, 6.07) is 4.90. The molecule has 1 aliphatic heterocycles. The van der Waals surface area contributed by atoms with Crippen LogP contribution in [0.5, 0.6) is 0 Å². The zero-order chi connectivity index (χ0) is 17.5. The van der Waals surface area contributed by atoms with Gasteiger partial charge in [0.2, 0.25) is 0 Å². The Bertz CT molecular complexity index is 890. The van der Waals surface area contributed by atoms with E-state index in [1.807, 2.05) is 18.4 Å². The van der Waals surface area contributed by atoms with Gasteiger partial charge in [-0.15, -0.1) is 0 Å². The molecule has 0 saturated carbocycles. The van der Waals surface area contributed by atoms with Crippen molar-refractivity contribution in [1.29, 1.82) is 0 Å². The first-order chi connectivity index (χ1) is 11.3. The lowest BCUT2D eigenvalue weighted by Crippen LogP contribution is -2.45. The van der Waals surface area contributed by atoms with E-state index in [9.17, 15) is 8.42 Å². The monoisotopic (exact) mass is 370 g/mol. The van der Waals surface area contributed by atoms with Gasteiger partial charge in [0.15, 0.2) is 15.4 Å². The fourth-order valence-electron chi connectivity index (χ4n) is 3.14. The van der Waals surface area contributed by atoms with Crippen molar-refractivity contribution in [2.75, 3.05) is 18.8 Å². The van der Waals surface area contributed by atoms with Crippen molar-refractivity contribution in [2.45, 2.75) is 44.5 Å². The van der Waals surface area contributed by atoms with E-state index in [0.717, 1.165) is 13.1 Å². The topological polar surface area (TPSA) is 64.7 Å². The van der Waals surface area contributed by atoms with Crippen molar-refractivity contribution in [1.82, 2.24) is 9.47 Å². The summed E-state index contributed by atoms with van der Waals surface area (Å²) in [5.74, 6) is 0.0651. The maximum absolute atomic E-state index is 12.1. The van der Waals surface area contributed by atoms with Crippen LogP contribution in [0.3, 0.4) is 0 Å². The first-order valence-corrected chi connectivity index (χ1v) is 10.1. The minimum Gasteiger partial charge on any atom is -0.429 e. The summed E-state index contributed by atoms with van der Waals surface area (Å²) in [5, 5.41) is 0. The number of sulfone groups is 1. The van der Waals surface area contributed by atoms with Crippen molar-refractivity contribution in [3.8, 4) is 0 Å². The fraction of sp³-hybridized carbons (Fsp3) is 0.562. The SMILES string of the molecule is CCS(=O)(=O)c1ccc2oc(=S)n(CN3C[C@@H](C)O[C@H](C)C3)c2c1. The third kappa shape index (κ3) is 3.42. The van der Waals surface area contributed by atoms with E-state index in [1.165, 1.54) is 0 Å². The van der Waals surface area contributed by atoms with Crippen LogP contribution in [0.15, 0.2) is 27.5 Å². The second kappa shape index (κ2) is 6.59. The van der Waals surface area contributed by atoms with Crippen LogP contribution >= 0.6 is 12.2 Å². The highest BCUT2D eigenvalue weighted by Crippen LogP contribution is 2.23. The number of benzene rings is 1. The Morgan fingerprint density at radius 3 is 2.54 bits per heavy atom. The van der Waals surface area contributed by atoms with Crippen LogP contribution in [-0.2, 0) is 21.2 Å². The molecular weight excluding hydrogens is 348 g/mol. The molecule has 2 heterocycles. The fourth-order valence-corrected chi connectivity index (χ4v) is 4.28.